The summed E-state index contributed by atoms with van der Waals surface area (Å²) in [5.41, 5.74) is 4.26. The van der Waals surface area contributed by atoms with Gasteiger partial charge >= 0.3 is 0 Å². The second-order valence-electron chi connectivity index (χ2n) is 7.31. The number of ether oxygens (including phenoxy) is 2. The molecule has 0 amide bonds. The van der Waals surface area contributed by atoms with Crippen molar-refractivity contribution in [3.8, 4) is 11.5 Å². The number of benzene rings is 3. The molecule has 3 aromatic rings. The van der Waals surface area contributed by atoms with Crippen LogP contribution in [0.15, 0.2) is 76.3 Å². The summed E-state index contributed by atoms with van der Waals surface area (Å²) in [6, 6.07) is 22.2. The molecule has 6 heteroatoms. The summed E-state index contributed by atoms with van der Waals surface area (Å²) in [5, 5.41) is 7.75. The molecule has 3 aromatic carbocycles. The molecule has 0 saturated carbocycles. The summed E-state index contributed by atoms with van der Waals surface area (Å²) in [6.45, 7) is 2.62. The second kappa shape index (κ2) is 7.97. The van der Waals surface area contributed by atoms with Crippen molar-refractivity contribution in [2.45, 2.75) is 25.6 Å². The fourth-order valence-corrected chi connectivity index (χ4v) is 4.44. The minimum Gasteiger partial charge on any atom is -0.494 e. The van der Waals surface area contributed by atoms with Gasteiger partial charge in [0.25, 0.3) is 0 Å². The van der Waals surface area contributed by atoms with Gasteiger partial charge < -0.3 is 9.47 Å². The molecule has 0 aromatic heterocycles. The van der Waals surface area contributed by atoms with Crippen LogP contribution < -0.4 is 9.47 Å². The fourth-order valence-electron chi connectivity index (χ4n) is 3.99. The molecule has 30 heavy (non-hydrogen) atoms. The molecular weight excluding hydrogens is 464 g/mol. The smallest absolute Gasteiger partial charge is 0.213 e. The van der Waals surface area contributed by atoms with E-state index in [4.69, 9.17) is 26.2 Å². The number of hydrogen-bond acceptors (Lipinski definition) is 4. The third kappa shape index (κ3) is 3.57. The summed E-state index contributed by atoms with van der Waals surface area (Å²) in [6.07, 6.45) is 0.485. The van der Waals surface area contributed by atoms with Crippen molar-refractivity contribution < 1.29 is 9.47 Å². The second-order valence-corrected chi connectivity index (χ2v) is 8.66. The van der Waals surface area contributed by atoms with Gasteiger partial charge in [-0.3, -0.25) is 0 Å². The Labute approximate surface area is 189 Å². The van der Waals surface area contributed by atoms with Crippen LogP contribution in [0.4, 0.5) is 0 Å². The van der Waals surface area contributed by atoms with Crippen LogP contribution in [0.1, 0.15) is 42.3 Å². The van der Waals surface area contributed by atoms with Crippen molar-refractivity contribution >= 4 is 33.2 Å². The summed E-state index contributed by atoms with van der Waals surface area (Å²) in [4.78, 5) is 0. The molecule has 0 radical (unpaired) electrons. The molecule has 0 unspecified atom stereocenters. The highest BCUT2D eigenvalue weighted by Crippen LogP contribution is 2.48. The molecule has 2 heterocycles. The maximum atomic E-state index is 6.40. The summed E-state index contributed by atoms with van der Waals surface area (Å²) in [7, 11) is 0. The Morgan fingerprint density at radius 1 is 1.10 bits per heavy atom. The molecule has 4 nitrogen and oxygen atoms in total. The van der Waals surface area contributed by atoms with Gasteiger partial charge in [-0.1, -0.05) is 39.7 Å². The van der Waals surface area contributed by atoms with E-state index < -0.39 is 0 Å². The Morgan fingerprint density at radius 2 is 1.87 bits per heavy atom. The number of halogens is 2. The summed E-state index contributed by atoms with van der Waals surface area (Å²) < 4.78 is 13.0. The van der Waals surface area contributed by atoms with Crippen LogP contribution in [0.25, 0.3) is 0 Å². The van der Waals surface area contributed by atoms with Gasteiger partial charge in [-0.2, -0.15) is 5.10 Å². The molecule has 0 bridgehead atoms. The lowest BCUT2D eigenvalue weighted by molar-refractivity contribution is -0.0190. The molecule has 0 saturated heterocycles. The van der Waals surface area contributed by atoms with E-state index in [-0.39, 0.29) is 12.3 Å². The van der Waals surface area contributed by atoms with Gasteiger partial charge in [0.1, 0.15) is 11.5 Å². The minimum absolute atomic E-state index is 0.0719. The van der Waals surface area contributed by atoms with E-state index in [1.807, 2.05) is 61.5 Å². The number of hydrogen-bond donors (Lipinski definition) is 0. The molecule has 0 spiro atoms. The van der Waals surface area contributed by atoms with Crippen LogP contribution in [-0.4, -0.2) is 17.3 Å². The van der Waals surface area contributed by atoms with E-state index in [2.05, 4.69) is 33.1 Å². The Morgan fingerprint density at radius 3 is 2.60 bits per heavy atom. The van der Waals surface area contributed by atoms with E-state index >= 15 is 0 Å². The molecule has 0 N–H and O–H groups in total. The van der Waals surface area contributed by atoms with Crippen LogP contribution in [0, 0.1) is 0 Å². The van der Waals surface area contributed by atoms with Crippen molar-refractivity contribution in [1.82, 2.24) is 5.01 Å². The number of rotatable bonds is 4. The van der Waals surface area contributed by atoms with Crippen molar-refractivity contribution in [2.75, 3.05) is 6.61 Å². The first-order chi connectivity index (χ1) is 14.6. The Hall–Kier alpha value is -2.50. The fraction of sp³-hybridized carbons (Fsp3) is 0.208. The van der Waals surface area contributed by atoms with Gasteiger partial charge in [0.15, 0.2) is 0 Å². The average molecular weight is 484 g/mol. The van der Waals surface area contributed by atoms with Crippen molar-refractivity contribution in [1.29, 1.82) is 0 Å². The van der Waals surface area contributed by atoms with Gasteiger partial charge in [-0.05, 0) is 67.1 Å². The lowest BCUT2D eigenvalue weighted by atomic mass is 9.96. The molecule has 2 aliphatic rings. The lowest BCUT2D eigenvalue weighted by Gasteiger charge is -2.38. The predicted octanol–water partition coefficient (Wildman–Crippen LogP) is 6.74. The first kappa shape index (κ1) is 19.5. The van der Waals surface area contributed by atoms with Gasteiger partial charge in [-0.15, -0.1) is 0 Å². The first-order valence-electron chi connectivity index (χ1n) is 9.93. The first-order valence-corrected chi connectivity index (χ1v) is 11.1. The maximum absolute atomic E-state index is 6.40. The van der Waals surface area contributed by atoms with Crippen LogP contribution in [0.5, 0.6) is 11.5 Å². The maximum Gasteiger partial charge on any atom is 0.213 e. The average Bonchev–Trinajstić information content (AvgIpc) is 3.20. The van der Waals surface area contributed by atoms with Gasteiger partial charge in [0, 0.05) is 27.0 Å². The third-order valence-corrected chi connectivity index (χ3v) is 6.17. The van der Waals surface area contributed by atoms with E-state index in [0.717, 1.165) is 44.8 Å². The zero-order chi connectivity index (χ0) is 20.7. The monoisotopic (exact) mass is 482 g/mol. The zero-order valence-electron chi connectivity index (χ0n) is 16.4. The van der Waals surface area contributed by atoms with Crippen molar-refractivity contribution in [3.63, 3.8) is 0 Å². The van der Waals surface area contributed by atoms with Crippen LogP contribution in [-0.2, 0) is 0 Å². The summed E-state index contributed by atoms with van der Waals surface area (Å²) >= 11 is 9.81. The van der Waals surface area contributed by atoms with Crippen molar-refractivity contribution in [3.05, 3.63) is 92.9 Å². The van der Waals surface area contributed by atoms with Gasteiger partial charge in [-0.25, -0.2) is 5.01 Å². The molecular formula is C24H20BrClN2O2. The molecule has 5 rings (SSSR count). The summed E-state index contributed by atoms with van der Waals surface area (Å²) in [5.74, 6) is 1.70. The Kier molecular flexibility index (Phi) is 5.17. The van der Waals surface area contributed by atoms with Crippen LogP contribution >= 0.6 is 27.5 Å². The van der Waals surface area contributed by atoms with Gasteiger partial charge in [0.2, 0.25) is 6.23 Å². The third-order valence-electron chi connectivity index (χ3n) is 5.41. The molecule has 0 fully saturated rings. The quantitative estimate of drug-likeness (QED) is 0.412. The van der Waals surface area contributed by atoms with E-state index in [0.29, 0.717) is 11.6 Å². The van der Waals surface area contributed by atoms with Crippen LogP contribution in [0.3, 0.4) is 0 Å². The van der Waals surface area contributed by atoms with Gasteiger partial charge in [0.05, 0.1) is 18.4 Å². The Balaban J connectivity index is 1.55. The van der Waals surface area contributed by atoms with E-state index in [1.54, 1.807) is 0 Å². The highest BCUT2D eigenvalue weighted by Gasteiger charge is 2.41. The normalized spacial score (nSPS) is 19.6. The van der Waals surface area contributed by atoms with E-state index in [1.165, 1.54) is 0 Å². The lowest BCUT2D eigenvalue weighted by Crippen LogP contribution is -2.33. The van der Waals surface area contributed by atoms with E-state index in [9.17, 15) is 0 Å². The molecule has 2 aliphatic heterocycles. The zero-order valence-corrected chi connectivity index (χ0v) is 18.7. The largest absolute Gasteiger partial charge is 0.494 e. The SMILES string of the molecule is CCOc1ccc([C@@H]2Oc3ccc(Cl)cc3[C@H]3CC(c4ccc(Br)cc4)=NN32)cc1. The standard InChI is InChI=1S/C24H20BrClN2O2/c1-2-29-19-10-5-16(6-11-19)24-28-22(20-13-18(26)9-12-23(20)30-24)14-21(27-28)15-3-7-17(25)8-4-15/h3-13,22,24H,2,14H2,1H3/t22-,24+/m1/s1. The Bertz CT molecular complexity index is 1100. The molecule has 152 valence electrons. The predicted molar refractivity (Wildman–Crippen MR) is 122 cm³/mol. The highest BCUT2D eigenvalue weighted by molar-refractivity contribution is 9.10. The number of fused-ring (bicyclic) bond motifs is 3. The number of nitrogens with zero attached hydrogens (tertiary/aromatic N) is 2. The van der Waals surface area contributed by atoms with Crippen LogP contribution in [0.2, 0.25) is 5.02 Å². The minimum atomic E-state index is -0.313. The van der Waals surface area contributed by atoms with Crippen molar-refractivity contribution in [2.24, 2.45) is 5.10 Å². The molecule has 0 aliphatic carbocycles. The molecule has 2 atom stereocenters. The number of hydrazone groups is 1. The topological polar surface area (TPSA) is 34.1 Å². The highest BCUT2D eigenvalue weighted by atomic mass is 79.9.